The molecule has 2 heterocycles. The van der Waals surface area contributed by atoms with E-state index < -0.39 is 5.72 Å². The maximum absolute atomic E-state index is 12.5. The van der Waals surface area contributed by atoms with Crippen molar-refractivity contribution in [3.05, 3.63) is 58.6 Å². The molecule has 0 bridgehead atoms. The van der Waals surface area contributed by atoms with Gasteiger partial charge in [0.25, 0.3) is 5.91 Å². The van der Waals surface area contributed by atoms with Gasteiger partial charge in [-0.3, -0.25) is 4.79 Å². The number of carbonyl (C=O) groups is 2. The lowest BCUT2D eigenvalue weighted by molar-refractivity contribution is -0.0203. The minimum Gasteiger partial charge on any atom is -0.467 e. The van der Waals surface area contributed by atoms with Crippen molar-refractivity contribution in [2.75, 3.05) is 18.4 Å². The van der Waals surface area contributed by atoms with Crippen LogP contribution in [-0.4, -0.2) is 35.7 Å². The maximum atomic E-state index is 12.5. The highest BCUT2D eigenvalue weighted by Crippen LogP contribution is 2.33. The summed E-state index contributed by atoms with van der Waals surface area (Å²) < 4.78 is 6.10. The Balaban J connectivity index is 1.41. The zero-order valence-corrected chi connectivity index (χ0v) is 15.7. The lowest BCUT2D eigenvalue weighted by Gasteiger charge is -2.44. The van der Waals surface area contributed by atoms with E-state index in [4.69, 9.17) is 16.3 Å². The Bertz CT molecular complexity index is 907. The van der Waals surface area contributed by atoms with Crippen LogP contribution in [0.1, 0.15) is 28.8 Å². The fourth-order valence-corrected chi connectivity index (χ4v) is 3.61. The van der Waals surface area contributed by atoms with Gasteiger partial charge >= 0.3 is 6.03 Å². The molecule has 0 aliphatic carbocycles. The Kier molecular flexibility index (Phi) is 4.44. The van der Waals surface area contributed by atoms with Crippen molar-refractivity contribution in [1.82, 2.24) is 10.2 Å². The first kappa shape index (κ1) is 17.7. The molecule has 0 radical (unpaired) electrons. The van der Waals surface area contributed by atoms with Gasteiger partial charge in [0, 0.05) is 36.6 Å². The van der Waals surface area contributed by atoms with Crippen molar-refractivity contribution in [2.24, 2.45) is 0 Å². The molecule has 2 N–H and O–H groups in total. The van der Waals surface area contributed by atoms with Crippen LogP contribution in [0.5, 0.6) is 5.75 Å². The molecular formula is C20H20ClN3O3. The van der Waals surface area contributed by atoms with Gasteiger partial charge in [0.1, 0.15) is 5.75 Å². The van der Waals surface area contributed by atoms with Gasteiger partial charge in [0.2, 0.25) is 0 Å². The van der Waals surface area contributed by atoms with E-state index in [-0.39, 0.29) is 11.9 Å². The molecule has 4 rings (SSSR count). The minimum atomic E-state index is -0.755. The Morgan fingerprint density at radius 2 is 1.96 bits per heavy atom. The number of fused-ring (bicyclic) bond motifs is 1. The number of anilines is 1. The predicted molar refractivity (Wildman–Crippen MR) is 103 cm³/mol. The van der Waals surface area contributed by atoms with Crippen LogP contribution in [0.4, 0.5) is 10.5 Å². The van der Waals surface area contributed by atoms with Gasteiger partial charge in [-0.1, -0.05) is 29.8 Å². The largest absolute Gasteiger partial charge is 0.467 e. The molecule has 2 aliphatic heterocycles. The highest BCUT2D eigenvalue weighted by Gasteiger charge is 2.43. The third kappa shape index (κ3) is 3.45. The second kappa shape index (κ2) is 6.78. The number of para-hydroxylation sites is 1. The number of halogens is 1. The van der Waals surface area contributed by atoms with Crippen molar-refractivity contribution < 1.29 is 14.3 Å². The van der Waals surface area contributed by atoms with Crippen molar-refractivity contribution in [2.45, 2.75) is 25.5 Å². The summed E-state index contributed by atoms with van der Waals surface area (Å²) in [6.45, 7) is 2.87. The van der Waals surface area contributed by atoms with E-state index in [2.05, 4.69) is 10.6 Å². The minimum absolute atomic E-state index is 0.135. The number of aryl methyl sites for hydroxylation is 1. The molecule has 140 valence electrons. The molecule has 0 aromatic heterocycles. The SMILES string of the molecule is Cc1ccc(NC(=O)N2CCC3(CC2)NC(=O)c2ccccc2O3)cc1Cl. The van der Waals surface area contributed by atoms with Crippen LogP contribution < -0.4 is 15.4 Å². The number of hydrogen-bond acceptors (Lipinski definition) is 3. The Hall–Kier alpha value is -2.73. The van der Waals surface area contributed by atoms with E-state index in [1.807, 2.05) is 31.2 Å². The van der Waals surface area contributed by atoms with Gasteiger partial charge in [-0.05, 0) is 36.8 Å². The number of nitrogens with zero attached hydrogens (tertiary/aromatic N) is 1. The van der Waals surface area contributed by atoms with Crippen LogP contribution in [0.15, 0.2) is 42.5 Å². The Morgan fingerprint density at radius 1 is 1.22 bits per heavy atom. The van der Waals surface area contributed by atoms with Crippen LogP contribution in [0, 0.1) is 6.92 Å². The number of hydrogen-bond donors (Lipinski definition) is 2. The van der Waals surface area contributed by atoms with Crippen molar-refractivity contribution in [3.8, 4) is 5.75 Å². The zero-order chi connectivity index (χ0) is 19.0. The molecule has 1 spiro atoms. The summed E-state index contributed by atoms with van der Waals surface area (Å²) in [4.78, 5) is 26.6. The molecule has 3 amide bonds. The number of nitrogens with one attached hydrogen (secondary N) is 2. The molecular weight excluding hydrogens is 366 g/mol. The number of ether oxygens (including phenoxy) is 1. The lowest BCUT2D eigenvalue weighted by atomic mass is 9.97. The first-order chi connectivity index (χ1) is 13.0. The summed E-state index contributed by atoms with van der Waals surface area (Å²) in [5, 5.41) is 6.46. The summed E-state index contributed by atoms with van der Waals surface area (Å²) in [6, 6.07) is 12.4. The molecule has 2 aliphatic rings. The normalized spacial score (nSPS) is 17.7. The number of urea groups is 1. The van der Waals surface area contributed by atoms with E-state index in [1.54, 1.807) is 23.1 Å². The molecule has 2 aromatic carbocycles. The molecule has 7 heteroatoms. The maximum Gasteiger partial charge on any atom is 0.321 e. The van der Waals surface area contributed by atoms with E-state index in [0.717, 1.165) is 5.56 Å². The van der Waals surface area contributed by atoms with E-state index in [0.29, 0.717) is 48.0 Å². The van der Waals surface area contributed by atoms with Crippen LogP contribution in [0.3, 0.4) is 0 Å². The first-order valence-corrected chi connectivity index (χ1v) is 9.26. The van der Waals surface area contributed by atoms with Gasteiger partial charge < -0.3 is 20.3 Å². The summed E-state index contributed by atoms with van der Waals surface area (Å²) in [6.07, 6.45) is 1.05. The smallest absolute Gasteiger partial charge is 0.321 e. The highest BCUT2D eigenvalue weighted by molar-refractivity contribution is 6.31. The van der Waals surface area contributed by atoms with Gasteiger partial charge in [0.15, 0.2) is 5.72 Å². The summed E-state index contributed by atoms with van der Waals surface area (Å²) in [5.74, 6) is 0.456. The van der Waals surface area contributed by atoms with Gasteiger partial charge in [-0.25, -0.2) is 4.79 Å². The van der Waals surface area contributed by atoms with E-state index >= 15 is 0 Å². The number of rotatable bonds is 1. The van der Waals surface area contributed by atoms with Crippen molar-refractivity contribution >= 4 is 29.2 Å². The number of piperidine rings is 1. The fourth-order valence-electron chi connectivity index (χ4n) is 3.42. The van der Waals surface area contributed by atoms with Crippen molar-refractivity contribution in [1.29, 1.82) is 0 Å². The fraction of sp³-hybridized carbons (Fsp3) is 0.300. The lowest BCUT2D eigenvalue weighted by Crippen LogP contribution is -2.61. The second-order valence-corrected chi connectivity index (χ2v) is 7.34. The van der Waals surface area contributed by atoms with Crippen molar-refractivity contribution in [3.63, 3.8) is 0 Å². The molecule has 0 unspecified atom stereocenters. The number of benzene rings is 2. The van der Waals surface area contributed by atoms with E-state index in [1.165, 1.54) is 0 Å². The molecule has 6 nitrogen and oxygen atoms in total. The summed E-state index contributed by atoms with van der Waals surface area (Å²) in [7, 11) is 0. The monoisotopic (exact) mass is 385 g/mol. The topological polar surface area (TPSA) is 70.7 Å². The molecule has 0 saturated carbocycles. The van der Waals surface area contributed by atoms with Crippen LogP contribution in [0.25, 0.3) is 0 Å². The van der Waals surface area contributed by atoms with Gasteiger partial charge in [0.05, 0.1) is 5.56 Å². The first-order valence-electron chi connectivity index (χ1n) is 8.88. The molecule has 27 heavy (non-hydrogen) atoms. The Morgan fingerprint density at radius 3 is 2.70 bits per heavy atom. The molecule has 1 fully saturated rings. The third-order valence-electron chi connectivity index (χ3n) is 5.06. The zero-order valence-electron chi connectivity index (χ0n) is 14.9. The predicted octanol–water partition coefficient (Wildman–Crippen LogP) is 3.79. The van der Waals surface area contributed by atoms with Crippen LogP contribution in [-0.2, 0) is 0 Å². The molecule has 2 aromatic rings. The second-order valence-electron chi connectivity index (χ2n) is 6.93. The number of amides is 3. The highest BCUT2D eigenvalue weighted by atomic mass is 35.5. The summed E-state index contributed by atoms with van der Waals surface area (Å²) in [5.41, 5.74) is 1.40. The molecule has 1 saturated heterocycles. The average Bonchev–Trinajstić information content (AvgIpc) is 2.65. The third-order valence-corrected chi connectivity index (χ3v) is 5.47. The van der Waals surface area contributed by atoms with Gasteiger partial charge in [-0.2, -0.15) is 0 Å². The number of carbonyl (C=O) groups excluding carboxylic acids is 2. The number of likely N-dealkylation sites (tertiary alicyclic amines) is 1. The Labute approximate surface area is 162 Å². The van der Waals surface area contributed by atoms with Crippen LogP contribution >= 0.6 is 11.6 Å². The standard InChI is InChI=1S/C20H20ClN3O3/c1-13-6-7-14(12-16(13)21)22-19(26)24-10-8-20(9-11-24)23-18(25)15-4-2-3-5-17(15)27-20/h2-7,12H,8-11H2,1H3,(H,22,26)(H,23,25). The summed E-state index contributed by atoms with van der Waals surface area (Å²) >= 11 is 6.11. The van der Waals surface area contributed by atoms with Crippen LogP contribution in [0.2, 0.25) is 5.02 Å². The average molecular weight is 386 g/mol. The molecule has 0 atom stereocenters. The van der Waals surface area contributed by atoms with Gasteiger partial charge in [-0.15, -0.1) is 0 Å². The quantitative estimate of drug-likeness (QED) is 0.784. The van der Waals surface area contributed by atoms with E-state index in [9.17, 15) is 9.59 Å².